The molecule has 3 rings (SSSR count). The SMILES string of the molecule is CC(C)S(=O)(=O)NC1CCN(c2ccccc2C(=O)NCc2ccncc2)CC1. The smallest absolute Gasteiger partial charge is 0.253 e. The summed E-state index contributed by atoms with van der Waals surface area (Å²) in [5.41, 5.74) is 2.50. The summed E-state index contributed by atoms with van der Waals surface area (Å²) in [6.45, 7) is 5.19. The van der Waals surface area contributed by atoms with Gasteiger partial charge in [0.15, 0.2) is 0 Å². The van der Waals surface area contributed by atoms with Crippen molar-refractivity contribution in [3.63, 3.8) is 0 Å². The first-order valence-electron chi connectivity index (χ1n) is 9.89. The van der Waals surface area contributed by atoms with Gasteiger partial charge in [-0.15, -0.1) is 0 Å². The number of anilines is 1. The fraction of sp³-hybridized carbons (Fsp3) is 0.429. The minimum atomic E-state index is -3.27. The van der Waals surface area contributed by atoms with Gasteiger partial charge >= 0.3 is 0 Å². The Hall–Kier alpha value is -2.45. The standard InChI is InChI=1S/C21H28N4O3S/c1-16(2)29(27,28)24-18-9-13-25(14-10-18)20-6-4-3-5-19(20)21(26)23-15-17-7-11-22-12-8-17/h3-8,11-12,16,18,24H,9-10,13-15H2,1-2H3,(H,23,26). The van der Waals surface area contributed by atoms with Crippen LogP contribution in [0.2, 0.25) is 0 Å². The van der Waals surface area contributed by atoms with E-state index in [-0.39, 0.29) is 11.9 Å². The molecule has 29 heavy (non-hydrogen) atoms. The van der Waals surface area contributed by atoms with Gasteiger partial charge in [-0.05, 0) is 56.5 Å². The van der Waals surface area contributed by atoms with Crippen molar-refractivity contribution in [1.82, 2.24) is 15.0 Å². The van der Waals surface area contributed by atoms with E-state index in [1.165, 1.54) is 0 Å². The molecule has 1 aliphatic heterocycles. The lowest BCUT2D eigenvalue weighted by molar-refractivity contribution is 0.0951. The van der Waals surface area contributed by atoms with Crippen LogP contribution in [0.25, 0.3) is 0 Å². The predicted octanol–water partition coefficient (Wildman–Crippen LogP) is 2.31. The lowest BCUT2D eigenvalue weighted by atomic mass is 10.0. The van der Waals surface area contributed by atoms with Gasteiger partial charge in [0.2, 0.25) is 10.0 Å². The molecule has 0 aliphatic carbocycles. The third-order valence-electron chi connectivity index (χ3n) is 5.14. The molecule has 1 fully saturated rings. The molecule has 2 aromatic rings. The molecule has 1 saturated heterocycles. The van der Waals surface area contributed by atoms with E-state index in [0.29, 0.717) is 38.0 Å². The lowest BCUT2D eigenvalue weighted by Crippen LogP contribution is -2.46. The first kappa shape index (κ1) is 21.3. The minimum Gasteiger partial charge on any atom is -0.371 e. The molecule has 1 amide bonds. The second-order valence-corrected chi connectivity index (χ2v) is 9.80. The second-order valence-electron chi connectivity index (χ2n) is 7.53. The molecule has 1 aromatic heterocycles. The molecule has 0 bridgehead atoms. The van der Waals surface area contributed by atoms with Crippen LogP contribution < -0.4 is 14.9 Å². The molecule has 1 aromatic carbocycles. The molecule has 0 spiro atoms. The van der Waals surface area contributed by atoms with Gasteiger partial charge in [0.25, 0.3) is 5.91 Å². The average Bonchev–Trinajstić information content (AvgIpc) is 2.73. The van der Waals surface area contributed by atoms with Crippen LogP contribution >= 0.6 is 0 Å². The molecule has 1 aliphatic rings. The number of nitrogens with zero attached hydrogens (tertiary/aromatic N) is 2. The zero-order valence-electron chi connectivity index (χ0n) is 16.8. The van der Waals surface area contributed by atoms with Crippen LogP contribution in [-0.4, -0.2) is 43.7 Å². The topological polar surface area (TPSA) is 91.4 Å². The highest BCUT2D eigenvalue weighted by Gasteiger charge is 2.26. The number of sulfonamides is 1. The summed E-state index contributed by atoms with van der Waals surface area (Å²) in [5.74, 6) is -0.125. The van der Waals surface area contributed by atoms with E-state index < -0.39 is 15.3 Å². The number of hydrogen-bond donors (Lipinski definition) is 2. The monoisotopic (exact) mass is 416 g/mol. The maximum atomic E-state index is 12.8. The van der Waals surface area contributed by atoms with E-state index in [4.69, 9.17) is 0 Å². The number of hydrogen-bond acceptors (Lipinski definition) is 5. The lowest BCUT2D eigenvalue weighted by Gasteiger charge is -2.35. The fourth-order valence-electron chi connectivity index (χ4n) is 3.33. The van der Waals surface area contributed by atoms with Gasteiger partial charge in [-0.3, -0.25) is 9.78 Å². The van der Waals surface area contributed by atoms with Crippen LogP contribution in [0, 0.1) is 0 Å². The predicted molar refractivity (Wildman–Crippen MR) is 114 cm³/mol. The highest BCUT2D eigenvalue weighted by atomic mass is 32.2. The first-order valence-corrected chi connectivity index (χ1v) is 11.4. The van der Waals surface area contributed by atoms with E-state index in [0.717, 1.165) is 11.3 Å². The number of aromatic nitrogens is 1. The van der Waals surface area contributed by atoms with Crippen LogP contribution in [0.15, 0.2) is 48.8 Å². The van der Waals surface area contributed by atoms with Crippen LogP contribution in [0.5, 0.6) is 0 Å². The van der Waals surface area contributed by atoms with Gasteiger partial charge in [-0.2, -0.15) is 0 Å². The number of nitrogens with one attached hydrogen (secondary N) is 2. The van der Waals surface area contributed by atoms with E-state index >= 15 is 0 Å². The summed E-state index contributed by atoms with van der Waals surface area (Å²) in [6, 6.07) is 11.2. The van der Waals surface area contributed by atoms with Crippen molar-refractivity contribution in [2.75, 3.05) is 18.0 Å². The first-order chi connectivity index (χ1) is 13.9. The quantitative estimate of drug-likeness (QED) is 0.723. The van der Waals surface area contributed by atoms with Crippen LogP contribution in [0.4, 0.5) is 5.69 Å². The van der Waals surface area contributed by atoms with Crippen LogP contribution in [0.1, 0.15) is 42.6 Å². The van der Waals surface area contributed by atoms with Gasteiger partial charge < -0.3 is 10.2 Å². The fourth-order valence-corrected chi connectivity index (χ4v) is 4.30. The number of carbonyl (C=O) groups is 1. The molecule has 0 atom stereocenters. The van der Waals surface area contributed by atoms with E-state index in [1.807, 2.05) is 36.4 Å². The Balaban J connectivity index is 1.63. The Morgan fingerprint density at radius 1 is 1.14 bits per heavy atom. The molecular formula is C21H28N4O3S. The number of amides is 1. The van der Waals surface area contributed by atoms with Crippen LogP contribution in [-0.2, 0) is 16.6 Å². The van der Waals surface area contributed by atoms with Gasteiger partial charge in [-0.25, -0.2) is 13.1 Å². The van der Waals surface area contributed by atoms with Gasteiger partial charge in [0, 0.05) is 43.8 Å². The Labute approximate surface area is 172 Å². The zero-order chi connectivity index (χ0) is 20.9. The van der Waals surface area contributed by atoms with E-state index in [1.54, 1.807) is 26.2 Å². The van der Waals surface area contributed by atoms with Gasteiger partial charge in [0.05, 0.1) is 10.8 Å². The van der Waals surface area contributed by atoms with Gasteiger partial charge in [0.1, 0.15) is 0 Å². The summed E-state index contributed by atoms with van der Waals surface area (Å²) in [7, 11) is -3.27. The normalized spacial score (nSPS) is 15.5. The third kappa shape index (κ3) is 5.55. The molecule has 0 saturated carbocycles. The van der Waals surface area contributed by atoms with Crippen LogP contribution in [0.3, 0.4) is 0 Å². The summed E-state index contributed by atoms with van der Waals surface area (Å²) < 4.78 is 27.0. The number of pyridine rings is 1. The van der Waals surface area contributed by atoms with E-state index in [9.17, 15) is 13.2 Å². The van der Waals surface area contributed by atoms with Crippen molar-refractivity contribution in [3.05, 3.63) is 59.9 Å². The third-order valence-corrected chi connectivity index (χ3v) is 7.04. The summed E-state index contributed by atoms with van der Waals surface area (Å²) in [4.78, 5) is 18.9. The summed E-state index contributed by atoms with van der Waals surface area (Å²) >= 11 is 0. The molecule has 0 radical (unpaired) electrons. The minimum absolute atomic E-state index is 0.0636. The Morgan fingerprint density at radius 3 is 2.45 bits per heavy atom. The number of benzene rings is 1. The zero-order valence-corrected chi connectivity index (χ0v) is 17.7. The van der Waals surface area contributed by atoms with Crippen molar-refractivity contribution < 1.29 is 13.2 Å². The Morgan fingerprint density at radius 2 is 1.79 bits per heavy atom. The largest absolute Gasteiger partial charge is 0.371 e. The van der Waals surface area contributed by atoms with Crippen molar-refractivity contribution in [2.24, 2.45) is 0 Å². The molecular weight excluding hydrogens is 388 g/mol. The van der Waals surface area contributed by atoms with Gasteiger partial charge in [-0.1, -0.05) is 12.1 Å². The number of rotatable bonds is 7. The second kappa shape index (κ2) is 9.37. The molecule has 2 heterocycles. The Bertz CT molecular complexity index is 924. The molecule has 2 N–H and O–H groups in total. The number of carbonyl (C=O) groups excluding carboxylic acids is 1. The maximum Gasteiger partial charge on any atom is 0.253 e. The maximum absolute atomic E-state index is 12.8. The number of para-hydroxylation sites is 1. The van der Waals surface area contributed by atoms with Crippen molar-refractivity contribution >= 4 is 21.6 Å². The molecule has 0 unspecified atom stereocenters. The Kier molecular flexibility index (Phi) is 6.87. The molecule has 7 nitrogen and oxygen atoms in total. The van der Waals surface area contributed by atoms with Crippen molar-refractivity contribution in [2.45, 2.75) is 44.5 Å². The molecule has 8 heteroatoms. The highest BCUT2D eigenvalue weighted by Crippen LogP contribution is 2.25. The molecule has 156 valence electrons. The summed E-state index contributed by atoms with van der Waals surface area (Å²) in [6.07, 6.45) is 4.82. The van der Waals surface area contributed by atoms with Crippen molar-refractivity contribution in [3.8, 4) is 0 Å². The summed E-state index contributed by atoms with van der Waals surface area (Å²) in [5, 5.41) is 2.52. The average molecular weight is 417 g/mol. The highest BCUT2D eigenvalue weighted by molar-refractivity contribution is 7.90. The van der Waals surface area contributed by atoms with E-state index in [2.05, 4.69) is 19.9 Å². The van der Waals surface area contributed by atoms with Crippen molar-refractivity contribution in [1.29, 1.82) is 0 Å². The number of piperidine rings is 1.